The average Bonchev–Trinajstić information content (AvgIpc) is 3.08. The Balaban J connectivity index is 1.51. The van der Waals surface area contributed by atoms with Gasteiger partial charge in [-0.3, -0.25) is 4.79 Å². The smallest absolute Gasteiger partial charge is 0.227 e. The van der Waals surface area contributed by atoms with Crippen molar-refractivity contribution in [1.29, 1.82) is 0 Å². The lowest BCUT2D eigenvalue weighted by Crippen LogP contribution is -2.44. The minimum atomic E-state index is -0.118. The topological polar surface area (TPSA) is 58.2 Å². The van der Waals surface area contributed by atoms with Gasteiger partial charge in [-0.1, -0.05) is 18.2 Å². The van der Waals surface area contributed by atoms with Crippen LogP contribution in [0.15, 0.2) is 24.4 Å². The van der Waals surface area contributed by atoms with E-state index in [0.29, 0.717) is 26.2 Å². The second-order valence-corrected chi connectivity index (χ2v) is 7.12. The molecule has 0 spiro atoms. The highest BCUT2D eigenvalue weighted by Gasteiger charge is 2.30. The van der Waals surface area contributed by atoms with Gasteiger partial charge in [-0.25, -0.2) is 4.98 Å². The van der Waals surface area contributed by atoms with Gasteiger partial charge in [-0.2, -0.15) is 0 Å². The van der Waals surface area contributed by atoms with Crippen LogP contribution in [0.4, 0.5) is 0 Å². The fourth-order valence-electron chi connectivity index (χ4n) is 3.90. The van der Waals surface area contributed by atoms with Crippen molar-refractivity contribution < 1.29 is 9.53 Å². The lowest BCUT2D eigenvalue weighted by molar-refractivity contribution is -0.139. The lowest BCUT2D eigenvalue weighted by Gasteiger charge is -2.34. The maximum Gasteiger partial charge on any atom is 0.227 e. The Morgan fingerprint density at radius 2 is 2.16 bits per heavy atom. The number of aryl methyl sites for hydroxylation is 3. The van der Waals surface area contributed by atoms with Gasteiger partial charge < -0.3 is 14.6 Å². The summed E-state index contributed by atoms with van der Waals surface area (Å²) in [4.78, 5) is 22.5. The molecule has 1 saturated heterocycles. The molecule has 1 amide bonds. The predicted octanol–water partition coefficient (Wildman–Crippen LogP) is 2.74. The second-order valence-electron chi connectivity index (χ2n) is 7.12. The highest BCUT2D eigenvalue weighted by molar-refractivity contribution is 5.79. The van der Waals surface area contributed by atoms with Gasteiger partial charge >= 0.3 is 0 Å². The number of benzene rings is 1. The minimum Gasteiger partial charge on any atom is -0.377 e. The fourth-order valence-corrected chi connectivity index (χ4v) is 3.90. The normalized spacial score (nSPS) is 20.4. The van der Waals surface area contributed by atoms with Crippen molar-refractivity contribution in [3.05, 3.63) is 52.6 Å². The highest BCUT2D eigenvalue weighted by Crippen LogP contribution is 2.25. The number of rotatable bonds is 3. The van der Waals surface area contributed by atoms with Gasteiger partial charge in [0.05, 0.1) is 19.6 Å². The summed E-state index contributed by atoms with van der Waals surface area (Å²) in [5, 5.41) is 0. The molecule has 5 nitrogen and oxygen atoms in total. The standard InChI is InChI=1S/C20H25N3O2/c1-14-12-21-20(22-14)18-13-25-9-8-23(18)19(24)11-15-6-7-16-4-2-3-5-17(16)10-15/h6-7,10,12,18H,2-5,8-9,11,13H2,1H3,(H,21,22)/t18-/m0/s1. The number of amides is 1. The summed E-state index contributed by atoms with van der Waals surface area (Å²) in [6, 6.07) is 6.45. The van der Waals surface area contributed by atoms with Crippen LogP contribution in [-0.2, 0) is 28.8 Å². The number of imidazole rings is 1. The van der Waals surface area contributed by atoms with Gasteiger partial charge in [0, 0.05) is 18.4 Å². The second kappa shape index (κ2) is 7.00. The first-order valence-electron chi connectivity index (χ1n) is 9.20. The first-order valence-corrected chi connectivity index (χ1v) is 9.20. The first kappa shape index (κ1) is 16.3. The first-order chi connectivity index (χ1) is 12.2. The van der Waals surface area contributed by atoms with E-state index in [-0.39, 0.29) is 11.9 Å². The number of aromatic amines is 1. The Morgan fingerprint density at radius 1 is 1.32 bits per heavy atom. The monoisotopic (exact) mass is 339 g/mol. The van der Waals surface area contributed by atoms with E-state index in [1.807, 2.05) is 11.8 Å². The number of nitrogens with one attached hydrogen (secondary N) is 1. The van der Waals surface area contributed by atoms with E-state index in [9.17, 15) is 4.79 Å². The van der Waals surface area contributed by atoms with Crippen molar-refractivity contribution in [1.82, 2.24) is 14.9 Å². The highest BCUT2D eigenvalue weighted by atomic mass is 16.5. The Kier molecular flexibility index (Phi) is 4.57. The van der Waals surface area contributed by atoms with Crippen LogP contribution in [0.5, 0.6) is 0 Å². The van der Waals surface area contributed by atoms with Crippen LogP contribution in [0, 0.1) is 6.92 Å². The number of aromatic nitrogens is 2. The fraction of sp³-hybridized carbons (Fsp3) is 0.500. The lowest BCUT2D eigenvalue weighted by atomic mass is 9.90. The minimum absolute atomic E-state index is 0.118. The molecule has 0 saturated carbocycles. The van der Waals surface area contributed by atoms with Gasteiger partial charge in [-0.05, 0) is 49.3 Å². The molecule has 4 rings (SSSR count). The Labute approximate surface area is 148 Å². The largest absolute Gasteiger partial charge is 0.377 e. The summed E-state index contributed by atoms with van der Waals surface area (Å²) in [5.74, 6) is 0.967. The maximum atomic E-state index is 13.0. The zero-order valence-electron chi connectivity index (χ0n) is 14.8. The van der Waals surface area contributed by atoms with Crippen molar-refractivity contribution in [3.8, 4) is 0 Å². The van der Waals surface area contributed by atoms with E-state index in [1.54, 1.807) is 6.20 Å². The molecule has 2 heterocycles. The predicted molar refractivity (Wildman–Crippen MR) is 95.4 cm³/mol. The van der Waals surface area contributed by atoms with Crippen LogP contribution < -0.4 is 0 Å². The summed E-state index contributed by atoms with van der Waals surface area (Å²) < 4.78 is 5.60. The average molecular weight is 339 g/mol. The Hall–Kier alpha value is -2.14. The molecule has 1 aliphatic heterocycles. The molecule has 2 aromatic rings. The zero-order valence-corrected chi connectivity index (χ0v) is 14.8. The molecule has 1 aromatic carbocycles. The number of ether oxygens (including phenoxy) is 1. The Bertz CT molecular complexity index is 768. The molecular weight excluding hydrogens is 314 g/mol. The molecule has 2 aliphatic rings. The molecule has 1 atom stereocenters. The molecular formula is C20H25N3O2. The summed E-state index contributed by atoms with van der Waals surface area (Å²) in [6.07, 6.45) is 7.10. The van der Waals surface area contributed by atoms with Crippen molar-refractivity contribution in [3.63, 3.8) is 0 Å². The van der Waals surface area contributed by atoms with E-state index in [1.165, 1.54) is 30.4 Å². The number of carbonyl (C=O) groups excluding carboxylic acids is 1. The third-order valence-electron chi connectivity index (χ3n) is 5.26. The van der Waals surface area contributed by atoms with Crippen LogP contribution in [-0.4, -0.2) is 40.5 Å². The van der Waals surface area contributed by atoms with Crippen molar-refractivity contribution in [2.24, 2.45) is 0 Å². The summed E-state index contributed by atoms with van der Waals surface area (Å²) in [7, 11) is 0. The van der Waals surface area contributed by atoms with Gasteiger partial charge in [0.2, 0.25) is 5.91 Å². The van der Waals surface area contributed by atoms with Crippen molar-refractivity contribution in [2.45, 2.75) is 45.1 Å². The quantitative estimate of drug-likeness (QED) is 0.935. The van der Waals surface area contributed by atoms with E-state index < -0.39 is 0 Å². The molecule has 1 fully saturated rings. The summed E-state index contributed by atoms with van der Waals surface area (Å²) >= 11 is 0. The van der Waals surface area contributed by atoms with Gasteiger partial charge in [0.1, 0.15) is 11.9 Å². The number of morpholine rings is 1. The van der Waals surface area contributed by atoms with Gasteiger partial charge in [0.15, 0.2) is 0 Å². The molecule has 0 radical (unpaired) electrons. The molecule has 1 aliphatic carbocycles. The van der Waals surface area contributed by atoms with E-state index in [4.69, 9.17) is 4.74 Å². The van der Waals surface area contributed by atoms with Crippen LogP contribution in [0.3, 0.4) is 0 Å². The third kappa shape index (κ3) is 3.47. The molecule has 25 heavy (non-hydrogen) atoms. The summed E-state index contributed by atoms with van der Waals surface area (Å²) in [6.45, 7) is 3.68. The number of nitrogens with zero attached hydrogens (tertiary/aromatic N) is 2. The molecule has 132 valence electrons. The third-order valence-corrected chi connectivity index (χ3v) is 5.26. The number of carbonyl (C=O) groups is 1. The van der Waals surface area contributed by atoms with Crippen LogP contribution in [0.25, 0.3) is 0 Å². The van der Waals surface area contributed by atoms with E-state index in [0.717, 1.165) is 23.5 Å². The van der Waals surface area contributed by atoms with E-state index in [2.05, 4.69) is 28.2 Å². The van der Waals surface area contributed by atoms with Crippen molar-refractivity contribution in [2.75, 3.05) is 19.8 Å². The summed E-state index contributed by atoms with van der Waals surface area (Å²) in [5.41, 5.74) is 5.00. The number of H-pyrrole nitrogens is 1. The van der Waals surface area contributed by atoms with Crippen LogP contribution in [0.2, 0.25) is 0 Å². The molecule has 5 heteroatoms. The van der Waals surface area contributed by atoms with Crippen LogP contribution >= 0.6 is 0 Å². The SMILES string of the molecule is Cc1cnc([C@@H]2COCCN2C(=O)Cc2ccc3c(c2)CCCC3)[nH]1. The number of hydrogen-bond acceptors (Lipinski definition) is 3. The Morgan fingerprint density at radius 3 is 2.96 bits per heavy atom. The molecule has 0 bridgehead atoms. The van der Waals surface area contributed by atoms with Crippen LogP contribution in [0.1, 0.15) is 47.1 Å². The number of fused-ring (bicyclic) bond motifs is 1. The van der Waals surface area contributed by atoms with Crippen molar-refractivity contribution >= 4 is 5.91 Å². The zero-order chi connectivity index (χ0) is 17.2. The van der Waals surface area contributed by atoms with Gasteiger partial charge in [0.25, 0.3) is 0 Å². The van der Waals surface area contributed by atoms with E-state index >= 15 is 0 Å². The van der Waals surface area contributed by atoms with Gasteiger partial charge in [-0.15, -0.1) is 0 Å². The molecule has 1 N–H and O–H groups in total. The number of hydrogen-bond donors (Lipinski definition) is 1. The molecule has 1 aromatic heterocycles. The maximum absolute atomic E-state index is 13.0. The molecule has 0 unspecified atom stereocenters.